The predicted octanol–water partition coefficient (Wildman–Crippen LogP) is 3.52. The van der Waals surface area contributed by atoms with E-state index in [1.165, 1.54) is 11.1 Å². The fourth-order valence-corrected chi connectivity index (χ4v) is 2.33. The maximum absolute atomic E-state index is 12.1. The summed E-state index contributed by atoms with van der Waals surface area (Å²) in [5, 5.41) is 2.92. The molecule has 0 aliphatic heterocycles. The molecule has 0 spiro atoms. The van der Waals surface area contributed by atoms with E-state index in [2.05, 4.69) is 36.5 Å². The van der Waals surface area contributed by atoms with Gasteiger partial charge in [-0.3, -0.25) is 4.79 Å². The van der Waals surface area contributed by atoms with Gasteiger partial charge in [-0.2, -0.15) is 0 Å². The van der Waals surface area contributed by atoms with Gasteiger partial charge in [0.05, 0.1) is 7.11 Å². The van der Waals surface area contributed by atoms with Crippen LogP contribution < -0.4 is 14.8 Å². The van der Waals surface area contributed by atoms with E-state index in [4.69, 9.17) is 9.47 Å². The number of carbonyl (C=O) groups excluding carboxylic acids is 1. The molecule has 0 fully saturated rings. The second-order valence-corrected chi connectivity index (χ2v) is 5.82. The summed E-state index contributed by atoms with van der Waals surface area (Å²) in [6.07, 6.45) is 1.31. The molecule has 1 amide bonds. The molecule has 0 heterocycles. The van der Waals surface area contributed by atoms with E-state index in [0.29, 0.717) is 18.0 Å². The standard InChI is InChI=1S/C20H25NO3/c1-15-9-11-17(12-10-15)6-5-13-21-20(22)16(2)24-19-8-4-7-18(14-19)23-3/h4,7-12,14,16H,5-6,13H2,1-3H3,(H,21,22). The van der Waals surface area contributed by atoms with Gasteiger partial charge in [-0.15, -0.1) is 0 Å². The summed E-state index contributed by atoms with van der Waals surface area (Å²) in [6.45, 7) is 4.46. The zero-order chi connectivity index (χ0) is 17.4. The molecule has 0 saturated heterocycles. The lowest BCUT2D eigenvalue weighted by Gasteiger charge is -2.15. The van der Waals surface area contributed by atoms with Crippen LogP contribution in [0.5, 0.6) is 11.5 Å². The Bertz CT molecular complexity index is 652. The van der Waals surface area contributed by atoms with Crippen LogP contribution in [0.15, 0.2) is 48.5 Å². The second kappa shape index (κ2) is 8.96. The number of hydrogen-bond donors (Lipinski definition) is 1. The number of carbonyl (C=O) groups is 1. The van der Waals surface area contributed by atoms with E-state index in [1.807, 2.05) is 18.2 Å². The Morgan fingerprint density at radius 1 is 1.12 bits per heavy atom. The number of rotatable bonds is 8. The zero-order valence-corrected chi connectivity index (χ0v) is 14.5. The number of ether oxygens (including phenoxy) is 2. The molecule has 2 aromatic carbocycles. The number of methoxy groups -OCH3 is 1. The number of aryl methyl sites for hydroxylation is 2. The average molecular weight is 327 g/mol. The molecule has 4 nitrogen and oxygen atoms in total. The molecule has 2 aromatic rings. The SMILES string of the molecule is COc1cccc(OC(C)C(=O)NCCCc2ccc(C)cc2)c1. The maximum Gasteiger partial charge on any atom is 0.260 e. The number of amides is 1. The highest BCUT2D eigenvalue weighted by Crippen LogP contribution is 2.19. The minimum absolute atomic E-state index is 0.110. The summed E-state index contributed by atoms with van der Waals surface area (Å²) in [4.78, 5) is 12.1. The van der Waals surface area contributed by atoms with Crippen molar-refractivity contribution in [2.24, 2.45) is 0 Å². The highest BCUT2D eigenvalue weighted by Gasteiger charge is 2.14. The van der Waals surface area contributed by atoms with Crippen LogP contribution in [0.3, 0.4) is 0 Å². The van der Waals surface area contributed by atoms with Crippen molar-refractivity contribution in [2.75, 3.05) is 13.7 Å². The highest BCUT2D eigenvalue weighted by molar-refractivity contribution is 5.80. The van der Waals surface area contributed by atoms with Crippen molar-refractivity contribution < 1.29 is 14.3 Å². The van der Waals surface area contributed by atoms with Crippen molar-refractivity contribution in [2.45, 2.75) is 32.8 Å². The largest absolute Gasteiger partial charge is 0.497 e. The minimum atomic E-state index is -0.545. The van der Waals surface area contributed by atoms with Gasteiger partial charge < -0.3 is 14.8 Å². The molecule has 1 N–H and O–H groups in total. The molecule has 0 aliphatic rings. The van der Waals surface area contributed by atoms with Gasteiger partial charge >= 0.3 is 0 Å². The Balaban J connectivity index is 1.72. The first-order valence-electron chi connectivity index (χ1n) is 8.22. The van der Waals surface area contributed by atoms with E-state index in [0.717, 1.165) is 12.8 Å². The highest BCUT2D eigenvalue weighted by atomic mass is 16.5. The summed E-state index contributed by atoms with van der Waals surface area (Å²) >= 11 is 0. The first kappa shape index (κ1) is 17.9. The van der Waals surface area contributed by atoms with Crippen LogP contribution in [-0.2, 0) is 11.2 Å². The Hall–Kier alpha value is -2.49. The molecule has 0 aliphatic carbocycles. The topological polar surface area (TPSA) is 47.6 Å². The van der Waals surface area contributed by atoms with Crippen molar-refractivity contribution >= 4 is 5.91 Å². The van der Waals surface area contributed by atoms with Crippen LogP contribution in [0.2, 0.25) is 0 Å². The number of hydrogen-bond acceptors (Lipinski definition) is 3. The zero-order valence-electron chi connectivity index (χ0n) is 14.5. The van der Waals surface area contributed by atoms with E-state index in [-0.39, 0.29) is 5.91 Å². The Morgan fingerprint density at radius 3 is 2.54 bits per heavy atom. The lowest BCUT2D eigenvalue weighted by molar-refractivity contribution is -0.127. The summed E-state index contributed by atoms with van der Waals surface area (Å²) in [7, 11) is 1.60. The van der Waals surface area contributed by atoms with E-state index in [1.54, 1.807) is 20.1 Å². The lowest BCUT2D eigenvalue weighted by atomic mass is 10.1. The predicted molar refractivity (Wildman–Crippen MR) is 95.6 cm³/mol. The van der Waals surface area contributed by atoms with Gasteiger partial charge in [0.2, 0.25) is 0 Å². The molecule has 0 saturated carbocycles. The minimum Gasteiger partial charge on any atom is -0.497 e. The van der Waals surface area contributed by atoms with Gasteiger partial charge in [0.1, 0.15) is 11.5 Å². The van der Waals surface area contributed by atoms with Gasteiger partial charge in [-0.1, -0.05) is 35.9 Å². The van der Waals surface area contributed by atoms with Gasteiger partial charge in [0, 0.05) is 12.6 Å². The third kappa shape index (κ3) is 5.61. The fourth-order valence-electron chi connectivity index (χ4n) is 2.33. The second-order valence-electron chi connectivity index (χ2n) is 5.82. The first-order valence-corrected chi connectivity index (χ1v) is 8.22. The molecule has 1 unspecified atom stereocenters. The summed E-state index contributed by atoms with van der Waals surface area (Å²) < 4.78 is 10.8. The van der Waals surface area contributed by atoms with Crippen LogP contribution in [0.25, 0.3) is 0 Å². The van der Waals surface area contributed by atoms with Crippen LogP contribution in [0, 0.1) is 6.92 Å². The van der Waals surface area contributed by atoms with Crippen molar-refractivity contribution in [3.05, 3.63) is 59.7 Å². The molecular formula is C20H25NO3. The van der Waals surface area contributed by atoms with Crippen LogP contribution in [0.1, 0.15) is 24.5 Å². The van der Waals surface area contributed by atoms with Crippen molar-refractivity contribution in [1.82, 2.24) is 5.32 Å². The molecule has 2 rings (SSSR count). The van der Waals surface area contributed by atoms with E-state index < -0.39 is 6.10 Å². The Kier molecular flexibility index (Phi) is 6.67. The van der Waals surface area contributed by atoms with Gasteiger partial charge in [0.15, 0.2) is 6.10 Å². The van der Waals surface area contributed by atoms with Gasteiger partial charge in [-0.25, -0.2) is 0 Å². The van der Waals surface area contributed by atoms with Crippen molar-refractivity contribution in [3.63, 3.8) is 0 Å². The third-order valence-corrected chi connectivity index (χ3v) is 3.79. The monoisotopic (exact) mass is 327 g/mol. The average Bonchev–Trinajstić information content (AvgIpc) is 2.60. The quantitative estimate of drug-likeness (QED) is 0.755. The molecule has 24 heavy (non-hydrogen) atoms. The molecule has 0 bridgehead atoms. The van der Waals surface area contributed by atoms with E-state index >= 15 is 0 Å². The normalized spacial score (nSPS) is 11.6. The summed E-state index contributed by atoms with van der Waals surface area (Å²) in [5.74, 6) is 1.22. The molecule has 0 radical (unpaired) electrons. The van der Waals surface area contributed by atoms with E-state index in [9.17, 15) is 4.79 Å². The van der Waals surface area contributed by atoms with Crippen molar-refractivity contribution in [3.8, 4) is 11.5 Å². The summed E-state index contributed by atoms with van der Waals surface area (Å²) in [5.41, 5.74) is 2.55. The fraction of sp³-hybridized carbons (Fsp3) is 0.350. The number of nitrogens with one attached hydrogen (secondary N) is 1. The van der Waals surface area contributed by atoms with Crippen LogP contribution >= 0.6 is 0 Å². The van der Waals surface area contributed by atoms with Crippen LogP contribution in [0.4, 0.5) is 0 Å². The molecule has 1 atom stereocenters. The Labute approximate surface area is 143 Å². The smallest absolute Gasteiger partial charge is 0.260 e. The maximum atomic E-state index is 12.1. The molecular weight excluding hydrogens is 302 g/mol. The van der Waals surface area contributed by atoms with Crippen LogP contribution in [-0.4, -0.2) is 25.7 Å². The van der Waals surface area contributed by atoms with Gasteiger partial charge in [-0.05, 0) is 44.4 Å². The Morgan fingerprint density at radius 2 is 1.83 bits per heavy atom. The molecule has 0 aromatic heterocycles. The first-order chi connectivity index (χ1) is 11.6. The third-order valence-electron chi connectivity index (χ3n) is 3.79. The number of benzene rings is 2. The summed E-state index contributed by atoms with van der Waals surface area (Å²) in [6, 6.07) is 15.7. The molecule has 128 valence electrons. The molecule has 4 heteroatoms. The van der Waals surface area contributed by atoms with Gasteiger partial charge in [0.25, 0.3) is 5.91 Å². The lowest BCUT2D eigenvalue weighted by Crippen LogP contribution is -2.36. The van der Waals surface area contributed by atoms with Crippen molar-refractivity contribution in [1.29, 1.82) is 0 Å².